The number of aryl methyl sites for hydroxylation is 1. The van der Waals surface area contributed by atoms with Gasteiger partial charge in [0.15, 0.2) is 22.9 Å². The van der Waals surface area contributed by atoms with Gasteiger partial charge in [0.25, 0.3) is 5.91 Å². The Morgan fingerprint density at radius 2 is 1.94 bits per heavy atom. The average molecular weight is 453 g/mol. The van der Waals surface area contributed by atoms with E-state index in [1.165, 1.54) is 12.0 Å². The molecule has 8 nitrogen and oxygen atoms in total. The van der Waals surface area contributed by atoms with Crippen molar-refractivity contribution in [2.75, 3.05) is 33.3 Å². The fraction of sp³-hybridized carbons (Fsp3) is 0.360. The first kappa shape index (κ1) is 22.7. The number of para-hydroxylation sites is 1. The van der Waals surface area contributed by atoms with Crippen molar-refractivity contribution < 1.29 is 28.3 Å². The van der Waals surface area contributed by atoms with Crippen LogP contribution in [0.25, 0.3) is 11.0 Å². The molecule has 3 aromatic rings. The molecule has 0 saturated carbocycles. The first-order chi connectivity index (χ1) is 15.9. The van der Waals surface area contributed by atoms with Gasteiger partial charge in [0.1, 0.15) is 17.6 Å². The molecule has 174 valence electrons. The normalized spacial score (nSPS) is 16.5. The van der Waals surface area contributed by atoms with Crippen LogP contribution in [0.4, 0.5) is 0 Å². The van der Waals surface area contributed by atoms with Crippen LogP contribution in [0, 0.1) is 6.92 Å². The summed E-state index contributed by atoms with van der Waals surface area (Å²) >= 11 is 0. The number of aliphatic hydroxyl groups excluding tert-OH is 1. The van der Waals surface area contributed by atoms with E-state index in [1.807, 2.05) is 13.8 Å². The molecule has 4 rings (SSSR count). The van der Waals surface area contributed by atoms with E-state index in [2.05, 4.69) is 4.90 Å². The third kappa shape index (κ3) is 4.02. The van der Waals surface area contributed by atoms with Gasteiger partial charge >= 0.3 is 0 Å². The zero-order valence-corrected chi connectivity index (χ0v) is 19.3. The quantitative estimate of drug-likeness (QED) is 0.485. The Labute approximate surface area is 192 Å². The second kappa shape index (κ2) is 9.15. The number of likely N-dealkylation sites (N-methyl/N-ethyl adjacent to an activating group) is 1. The molecule has 3 heterocycles. The molecule has 33 heavy (non-hydrogen) atoms. The number of carbonyl (C=O) groups is 2. The van der Waals surface area contributed by atoms with E-state index < -0.39 is 23.5 Å². The van der Waals surface area contributed by atoms with Gasteiger partial charge in [0.2, 0.25) is 5.78 Å². The van der Waals surface area contributed by atoms with Crippen molar-refractivity contribution in [2.45, 2.75) is 26.8 Å². The highest BCUT2D eigenvalue weighted by Gasteiger charge is 2.46. The Balaban J connectivity index is 1.74. The predicted molar refractivity (Wildman–Crippen MR) is 122 cm³/mol. The molecule has 0 spiro atoms. The highest BCUT2D eigenvalue weighted by molar-refractivity contribution is 6.16. The molecule has 0 saturated heterocycles. The number of carbonyl (C=O) groups excluding carboxylic acids is 2. The van der Waals surface area contributed by atoms with Crippen molar-refractivity contribution in [3.05, 3.63) is 65.0 Å². The van der Waals surface area contributed by atoms with Gasteiger partial charge < -0.3 is 28.5 Å². The van der Waals surface area contributed by atoms with Gasteiger partial charge in [-0.15, -0.1) is 0 Å². The molecular formula is C25H28N2O6. The Hall–Kier alpha value is -3.52. The van der Waals surface area contributed by atoms with E-state index in [4.69, 9.17) is 13.6 Å². The van der Waals surface area contributed by atoms with Crippen molar-refractivity contribution in [2.24, 2.45) is 0 Å². The molecule has 0 aliphatic carbocycles. The second-order valence-corrected chi connectivity index (χ2v) is 7.96. The number of nitrogens with zero attached hydrogens (tertiary/aromatic N) is 2. The maximum absolute atomic E-state index is 13.6. The molecule has 0 radical (unpaired) electrons. The molecule has 1 aliphatic heterocycles. The fourth-order valence-corrected chi connectivity index (χ4v) is 4.24. The maximum atomic E-state index is 13.6. The fourth-order valence-electron chi connectivity index (χ4n) is 4.24. The van der Waals surface area contributed by atoms with E-state index >= 15 is 0 Å². The van der Waals surface area contributed by atoms with E-state index in [0.29, 0.717) is 41.3 Å². The first-order valence-electron chi connectivity index (χ1n) is 11.0. The van der Waals surface area contributed by atoms with Crippen molar-refractivity contribution in [1.82, 2.24) is 9.80 Å². The highest BCUT2D eigenvalue weighted by Crippen LogP contribution is 2.40. The summed E-state index contributed by atoms with van der Waals surface area (Å²) in [5.41, 5.74) is 0.378. The number of ether oxygens (including phenoxy) is 1. The number of rotatable bonds is 9. The van der Waals surface area contributed by atoms with Crippen LogP contribution in [0.15, 0.2) is 56.6 Å². The van der Waals surface area contributed by atoms with Crippen LogP contribution in [0.5, 0.6) is 5.75 Å². The van der Waals surface area contributed by atoms with E-state index in [9.17, 15) is 14.7 Å². The average Bonchev–Trinajstić information content (AvgIpc) is 3.51. The van der Waals surface area contributed by atoms with Gasteiger partial charge in [0.05, 0.1) is 12.7 Å². The summed E-state index contributed by atoms with van der Waals surface area (Å²) in [5, 5.41) is 11.5. The number of furan rings is 2. The molecule has 1 aliphatic rings. The van der Waals surface area contributed by atoms with Gasteiger partial charge in [0, 0.05) is 18.5 Å². The van der Waals surface area contributed by atoms with Crippen LogP contribution >= 0.6 is 0 Å². The molecule has 0 bridgehead atoms. The van der Waals surface area contributed by atoms with E-state index in [0.717, 1.165) is 13.1 Å². The Bertz CT molecular complexity index is 1220. The third-order valence-corrected chi connectivity index (χ3v) is 6.08. The van der Waals surface area contributed by atoms with Gasteiger partial charge in [-0.3, -0.25) is 9.59 Å². The van der Waals surface area contributed by atoms with Gasteiger partial charge in [-0.1, -0.05) is 26.0 Å². The van der Waals surface area contributed by atoms with Crippen molar-refractivity contribution in [1.29, 1.82) is 0 Å². The number of ketones is 1. The molecule has 1 unspecified atom stereocenters. The largest absolute Gasteiger partial charge is 0.503 e. The summed E-state index contributed by atoms with van der Waals surface area (Å²) in [5.74, 6) is -0.170. The minimum Gasteiger partial charge on any atom is -0.503 e. The smallest absolute Gasteiger partial charge is 0.290 e. The van der Waals surface area contributed by atoms with Crippen LogP contribution in [-0.4, -0.2) is 59.9 Å². The zero-order valence-electron chi connectivity index (χ0n) is 19.3. The van der Waals surface area contributed by atoms with Crippen LogP contribution < -0.4 is 4.74 Å². The van der Waals surface area contributed by atoms with E-state index in [1.54, 1.807) is 43.3 Å². The van der Waals surface area contributed by atoms with Crippen LogP contribution in [-0.2, 0) is 4.79 Å². The van der Waals surface area contributed by atoms with Crippen LogP contribution in [0.3, 0.4) is 0 Å². The monoisotopic (exact) mass is 452 g/mol. The number of amides is 1. The lowest BCUT2D eigenvalue weighted by Gasteiger charge is -2.27. The lowest BCUT2D eigenvalue weighted by Crippen LogP contribution is -2.38. The molecule has 0 fully saturated rings. The van der Waals surface area contributed by atoms with Crippen molar-refractivity contribution in [3.8, 4) is 5.75 Å². The van der Waals surface area contributed by atoms with Crippen molar-refractivity contribution in [3.63, 3.8) is 0 Å². The highest BCUT2D eigenvalue weighted by atomic mass is 16.5. The summed E-state index contributed by atoms with van der Waals surface area (Å²) in [4.78, 5) is 30.3. The molecule has 8 heteroatoms. The molecule has 2 aromatic heterocycles. The summed E-state index contributed by atoms with van der Waals surface area (Å²) in [7, 11) is 1.52. The number of aliphatic hydroxyl groups is 1. The Kier molecular flexibility index (Phi) is 6.29. The van der Waals surface area contributed by atoms with Crippen molar-refractivity contribution >= 4 is 22.7 Å². The lowest BCUT2D eigenvalue weighted by molar-refractivity contribution is -0.129. The Morgan fingerprint density at radius 3 is 2.58 bits per heavy atom. The SMILES string of the molecule is CCN(CC)CCN1C(=O)C(O)=C(C(=O)c2cc3cccc(OC)c3o2)C1c1ccc(C)o1. The molecule has 1 atom stereocenters. The predicted octanol–water partition coefficient (Wildman–Crippen LogP) is 4.26. The number of benzene rings is 1. The first-order valence-corrected chi connectivity index (χ1v) is 11.0. The minimum atomic E-state index is -0.843. The molecule has 1 amide bonds. The summed E-state index contributed by atoms with van der Waals surface area (Å²) in [6, 6.07) is 9.58. The number of Topliss-reactive ketones (excluding diaryl/α,β-unsaturated/α-hetero) is 1. The number of fused-ring (bicyclic) bond motifs is 1. The third-order valence-electron chi connectivity index (χ3n) is 6.08. The zero-order chi connectivity index (χ0) is 23.7. The lowest BCUT2D eigenvalue weighted by atomic mass is 9.99. The summed E-state index contributed by atoms with van der Waals surface area (Å²) < 4.78 is 16.9. The molecule has 1 N–H and O–H groups in total. The Morgan fingerprint density at radius 1 is 1.18 bits per heavy atom. The standard InChI is InChI=1S/C25H28N2O6/c1-5-26(6-2)12-13-27-21(17-11-10-15(3)32-17)20(23(29)25(27)30)22(28)19-14-16-8-7-9-18(31-4)24(16)33-19/h7-11,14,21,29H,5-6,12-13H2,1-4H3. The summed E-state index contributed by atoms with van der Waals surface area (Å²) in [6.45, 7) is 8.47. The van der Waals surface area contributed by atoms with Crippen LogP contribution in [0.1, 0.15) is 42.0 Å². The molecular weight excluding hydrogens is 424 g/mol. The van der Waals surface area contributed by atoms with Gasteiger partial charge in [-0.25, -0.2) is 0 Å². The summed E-state index contributed by atoms with van der Waals surface area (Å²) in [6.07, 6.45) is 0. The second-order valence-electron chi connectivity index (χ2n) is 7.96. The molecule has 1 aromatic carbocycles. The number of hydrogen-bond acceptors (Lipinski definition) is 7. The van der Waals surface area contributed by atoms with Gasteiger partial charge in [-0.2, -0.15) is 0 Å². The topological polar surface area (TPSA) is 96.4 Å². The van der Waals surface area contributed by atoms with Gasteiger partial charge in [-0.05, 0) is 44.3 Å². The minimum absolute atomic E-state index is 0.0164. The number of hydrogen-bond donors (Lipinski definition) is 1. The maximum Gasteiger partial charge on any atom is 0.290 e. The number of methoxy groups -OCH3 is 1. The van der Waals surface area contributed by atoms with E-state index in [-0.39, 0.29) is 11.3 Å². The van der Waals surface area contributed by atoms with Crippen LogP contribution in [0.2, 0.25) is 0 Å².